The second-order valence-corrected chi connectivity index (χ2v) is 5.43. The summed E-state index contributed by atoms with van der Waals surface area (Å²) in [5, 5.41) is 12.8. The molecule has 0 unspecified atom stereocenters. The van der Waals surface area contributed by atoms with E-state index in [-0.39, 0.29) is 0 Å². The lowest BCUT2D eigenvalue weighted by molar-refractivity contribution is 0.256. The molecule has 1 atom stereocenters. The highest BCUT2D eigenvalue weighted by Gasteiger charge is 2.13. The number of para-hydroxylation sites is 2. The van der Waals surface area contributed by atoms with Crippen molar-refractivity contribution in [2.75, 3.05) is 6.61 Å². The molecule has 3 rings (SSSR count). The second kappa shape index (κ2) is 6.43. The monoisotopic (exact) mass is 293 g/mol. The van der Waals surface area contributed by atoms with E-state index in [1.165, 1.54) is 6.21 Å². The molecular formula is C18H19N3O. The molecule has 2 aromatic carbocycles. The van der Waals surface area contributed by atoms with E-state index < -0.39 is 0 Å². The first-order chi connectivity index (χ1) is 10.8. The molecule has 0 fully saturated rings. The third kappa shape index (κ3) is 2.86. The number of benzene rings is 2. The first-order valence-corrected chi connectivity index (χ1v) is 7.44. The minimum absolute atomic E-state index is 0.304. The number of hydrogen-bond donors (Lipinski definition) is 1. The smallest absolute Gasteiger partial charge is 0.241 e. The van der Waals surface area contributed by atoms with E-state index in [4.69, 9.17) is 10.1 Å². The van der Waals surface area contributed by atoms with Gasteiger partial charge in [-0.2, -0.15) is 0 Å². The van der Waals surface area contributed by atoms with E-state index in [1.807, 2.05) is 59.3 Å². The van der Waals surface area contributed by atoms with E-state index in [0.717, 1.165) is 23.0 Å². The summed E-state index contributed by atoms with van der Waals surface area (Å²) in [4.78, 5) is 0. The fourth-order valence-electron chi connectivity index (χ4n) is 2.40. The van der Waals surface area contributed by atoms with Crippen molar-refractivity contribution in [2.24, 2.45) is 5.92 Å². The van der Waals surface area contributed by atoms with Crippen molar-refractivity contribution in [1.29, 1.82) is 5.41 Å². The summed E-state index contributed by atoms with van der Waals surface area (Å²) >= 11 is 0. The van der Waals surface area contributed by atoms with Crippen LogP contribution in [0.3, 0.4) is 0 Å². The Bertz CT molecular complexity index is 764. The van der Waals surface area contributed by atoms with Crippen LogP contribution in [0.15, 0.2) is 54.6 Å². The predicted molar refractivity (Wildman–Crippen MR) is 89.1 cm³/mol. The second-order valence-electron chi connectivity index (χ2n) is 5.43. The molecule has 4 nitrogen and oxygen atoms in total. The van der Waals surface area contributed by atoms with E-state index in [0.29, 0.717) is 18.4 Å². The molecule has 0 aliphatic heterocycles. The Kier molecular flexibility index (Phi) is 4.19. The van der Waals surface area contributed by atoms with Crippen LogP contribution in [0.25, 0.3) is 16.6 Å². The lowest BCUT2D eigenvalue weighted by atomic mass is 10.1. The van der Waals surface area contributed by atoms with Gasteiger partial charge in [-0.3, -0.25) is 0 Å². The van der Waals surface area contributed by atoms with Crippen LogP contribution in [0.2, 0.25) is 0 Å². The lowest BCUT2D eigenvalue weighted by Crippen LogP contribution is -2.09. The summed E-state index contributed by atoms with van der Waals surface area (Å²) in [7, 11) is 0. The van der Waals surface area contributed by atoms with Gasteiger partial charge in [0.1, 0.15) is 0 Å². The highest BCUT2D eigenvalue weighted by molar-refractivity contribution is 5.85. The van der Waals surface area contributed by atoms with E-state index in [9.17, 15) is 0 Å². The molecule has 112 valence electrons. The Morgan fingerprint density at radius 2 is 1.86 bits per heavy atom. The fraction of sp³-hybridized carbons (Fsp3) is 0.222. The normalized spacial score (nSPS) is 12.2. The van der Waals surface area contributed by atoms with Gasteiger partial charge in [0, 0.05) is 0 Å². The topological polar surface area (TPSA) is 50.9 Å². The van der Waals surface area contributed by atoms with Gasteiger partial charge in [-0.1, -0.05) is 37.3 Å². The van der Waals surface area contributed by atoms with Crippen LogP contribution in [0.1, 0.15) is 13.3 Å². The molecule has 1 heterocycles. The van der Waals surface area contributed by atoms with Gasteiger partial charge in [-0.05, 0) is 42.8 Å². The molecule has 0 spiro atoms. The maximum Gasteiger partial charge on any atom is 0.241 e. The molecule has 1 aromatic heterocycles. The number of nitrogens with zero attached hydrogens (tertiary/aromatic N) is 2. The minimum Gasteiger partial charge on any atom is -0.476 e. The zero-order valence-corrected chi connectivity index (χ0v) is 12.6. The Morgan fingerprint density at radius 1 is 1.14 bits per heavy atom. The Morgan fingerprint density at radius 3 is 2.64 bits per heavy atom. The quantitative estimate of drug-likeness (QED) is 0.696. The summed E-state index contributed by atoms with van der Waals surface area (Å²) in [6.07, 6.45) is 2.14. The SMILES string of the molecule is C[C@H](CC=N)COc1nn(-c2ccccc2)c2ccccc12. The van der Waals surface area contributed by atoms with Crippen molar-refractivity contribution in [2.45, 2.75) is 13.3 Å². The molecule has 4 heteroatoms. The number of nitrogens with one attached hydrogen (secondary N) is 1. The molecule has 0 aliphatic carbocycles. The molecule has 1 N–H and O–H groups in total. The third-order valence-corrected chi connectivity index (χ3v) is 3.58. The van der Waals surface area contributed by atoms with E-state index in [1.54, 1.807) is 0 Å². The van der Waals surface area contributed by atoms with E-state index >= 15 is 0 Å². The van der Waals surface area contributed by atoms with Gasteiger partial charge in [0.2, 0.25) is 5.88 Å². The summed E-state index contributed by atoms with van der Waals surface area (Å²) in [5.41, 5.74) is 2.05. The largest absolute Gasteiger partial charge is 0.476 e. The Labute approximate surface area is 129 Å². The van der Waals surface area contributed by atoms with Crippen molar-refractivity contribution in [1.82, 2.24) is 9.78 Å². The summed E-state index contributed by atoms with van der Waals surface area (Å²) in [6, 6.07) is 18.1. The standard InChI is InChI=1S/C18H19N3O/c1-14(11-12-19)13-22-18-16-9-5-6-10-17(16)21(20-18)15-7-3-2-4-8-15/h2-10,12,14,19H,11,13H2,1H3/t14-/m1/s1. The van der Waals surface area contributed by atoms with Crippen LogP contribution < -0.4 is 4.74 Å². The number of aromatic nitrogens is 2. The van der Waals surface area contributed by atoms with Gasteiger partial charge >= 0.3 is 0 Å². The van der Waals surface area contributed by atoms with Gasteiger partial charge in [-0.25, -0.2) is 4.68 Å². The Hall–Kier alpha value is -2.62. The first kappa shape index (κ1) is 14.3. The van der Waals surface area contributed by atoms with Gasteiger partial charge in [-0.15, -0.1) is 5.10 Å². The number of fused-ring (bicyclic) bond motifs is 1. The van der Waals surface area contributed by atoms with Gasteiger partial charge in [0.15, 0.2) is 0 Å². The van der Waals surface area contributed by atoms with Crippen molar-refractivity contribution < 1.29 is 4.74 Å². The number of ether oxygens (including phenoxy) is 1. The highest BCUT2D eigenvalue weighted by Crippen LogP contribution is 2.27. The van der Waals surface area contributed by atoms with Crippen molar-refractivity contribution in [3.8, 4) is 11.6 Å². The van der Waals surface area contributed by atoms with Crippen LogP contribution >= 0.6 is 0 Å². The van der Waals surface area contributed by atoms with Gasteiger partial charge in [0.05, 0.1) is 23.2 Å². The van der Waals surface area contributed by atoms with Gasteiger partial charge in [0.25, 0.3) is 0 Å². The number of rotatable bonds is 6. The first-order valence-electron chi connectivity index (χ1n) is 7.44. The predicted octanol–water partition coefficient (Wildman–Crippen LogP) is 4.08. The van der Waals surface area contributed by atoms with Gasteiger partial charge < -0.3 is 10.1 Å². The molecule has 0 amide bonds. The molecule has 0 aliphatic rings. The maximum atomic E-state index is 7.16. The Balaban J connectivity index is 1.96. The molecule has 22 heavy (non-hydrogen) atoms. The third-order valence-electron chi connectivity index (χ3n) is 3.58. The summed E-state index contributed by atoms with van der Waals surface area (Å²) in [6.45, 7) is 2.63. The lowest BCUT2D eigenvalue weighted by Gasteiger charge is -2.08. The molecule has 0 saturated heterocycles. The van der Waals surface area contributed by atoms with Crippen molar-refractivity contribution in [3.63, 3.8) is 0 Å². The van der Waals surface area contributed by atoms with Crippen molar-refractivity contribution >= 4 is 17.1 Å². The maximum absolute atomic E-state index is 7.16. The van der Waals surface area contributed by atoms with Crippen molar-refractivity contribution in [3.05, 3.63) is 54.6 Å². The molecular weight excluding hydrogens is 274 g/mol. The molecule has 0 saturated carbocycles. The summed E-state index contributed by atoms with van der Waals surface area (Å²) < 4.78 is 7.81. The number of hydrogen-bond acceptors (Lipinski definition) is 3. The van der Waals surface area contributed by atoms with Crippen LogP contribution in [-0.2, 0) is 0 Å². The zero-order valence-electron chi connectivity index (χ0n) is 12.6. The summed E-state index contributed by atoms with van der Waals surface area (Å²) in [5.74, 6) is 0.953. The molecule has 0 radical (unpaired) electrons. The van der Waals surface area contributed by atoms with E-state index in [2.05, 4.69) is 12.0 Å². The zero-order chi connectivity index (χ0) is 15.4. The molecule has 0 bridgehead atoms. The fourth-order valence-corrected chi connectivity index (χ4v) is 2.40. The van der Waals surface area contributed by atoms with Crippen LogP contribution in [0.4, 0.5) is 0 Å². The van der Waals surface area contributed by atoms with Crippen LogP contribution in [0.5, 0.6) is 5.88 Å². The average molecular weight is 293 g/mol. The average Bonchev–Trinajstić information content (AvgIpc) is 2.93. The highest BCUT2D eigenvalue weighted by atomic mass is 16.5. The van der Waals surface area contributed by atoms with Crippen LogP contribution in [-0.4, -0.2) is 22.6 Å². The molecule has 3 aromatic rings. The van der Waals surface area contributed by atoms with Crippen LogP contribution in [0, 0.1) is 11.3 Å². The minimum atomic E-state index is 0.304.